The number of rotatable bonds is 5. The molecule has 0 aliphatic heterocycles. The molecule has 17 heavy (non-hydrogen) atoms. The van der Waals surface area contributed by atoms with Crippen molar-refractivity contribution >= 4 is 15.9 Å². The van der Waals surface area contributed by atoms with Crippen molar-refractivity contribution in [1.82, 2.24) is 4.90 Å². The predicted molar refractivity (Wildman–Crippen MR) is 77.6 cm³/mol. The Hall–Kier alpha value is -0.340. The van der Waals surface area contributed by atoms with E-state index in [0.717, 1.165) is 17.9 Å². The fourth-order valence-corrected chi connectivity index (χ4v) is 3.15. The summed E-state index contributed by atoms with van der Waals surface area (Å²) >= 11 is 3.58. The van der Waals surface area contributed by atoms with Gasteiger partial charge in [-0.05, 0) is 25.3 Å². The summed E-state index contributed by atoms with van der Waals surface area (Å²) < 4.78 is 0. The second-order valence-electron chi connectivity index (χ2n) is 5.08. The number of hydrogen-bond donors (Lipinski definition) is 0. The van der Waals surface area contributed by atoms with Crippen LogP contribution in [0.1, 0.15) is 36.8 Å². The monoisotopic (exact) mass is 295 g/mol. The second-order valence-corrected chi connectivity index (χ2v) is 5.88. The summed E-state index contributed by atoms with van der Waals surface area (Å²) in [5.74, 6) is 0. The molecule has 1 aromatic carbocycles. The molecule has 1 aliphatic rings. The van der Waals surface area contributed by atoms with Gasteiger partial charge in [-0.2, -0.15) is 0 Å². The maximum atomic E-state index is 3.58. The van der Waals surface area contributed by atoms with Crippen molar-refractivity contribution in [2.45, 2.75) is 45.2 Å². The lowest BCUT2D eigenvalue weighted by Gasteiger charge is -2.28. The molecule has 1 fully saturated rings. The Bertz CT molecular complexity index is 327. The van der Waals surface area contributed by atoms with Gasteiger partial charge in [0, 0.05) is 24.5 Å². The van der Waals surface area contributed by atoms with Gasteiger partial charge in [0.2, 0.25) is 0 Å². The summed E-state index contributed by atoms with van der Waals surface area (Å²) in [6.45, 7) is 4.42. The highest BCUT2D eigenvalue weighted by molar-refractivity contribution is 9.09. The molecule has 0 spiro atoms. The van der Waals surface area contributed by atoms with Gasteiger partial charge >= 0.3 is 0 Å². The third-order valence-electron chi connectivity index (χ3n) is 3.72. The first-order chi connectivity index (χ1) is 8.29. The molecule has 0 amide bonds. The Morgan fingerprint density at radius 3 is 2.41 bits per heavy atom. The zero-order chi connectivity index (χ0) is 12.1. The zero-order valence-corrected chi connectivity index (χ0v) is 12.2. The van der Waals surface area contributed by atoms with Gasteiger partial charge in [-0.3, -0.25) is 4.90 Å². The molecule has 0 aromatic heterocycles. The third kappa shape index (κ3) is 3.82. The third-order valence-corrected chi connectivity index (χ3v) is 4.07. The van der Waals surface area contributed by atoms with E-state index in [1.807, 2.05) is 0 Å². The van der Waals surface area contributed by atoms with Gasteiger partial charge < -0.3 is 0 Å². The molecule has 1 aliphatic carbocycles. The van der Waals surface area contributed by atoms with E-state index in [1.54, 1.807) is 0 Å². The molecule has 0 bridgehead atoms. The van der Waals surface area contributed by atoms with Gasteiger partial charge in [-0.15, -0.1) is 0 Å². The molecular weight excluding hydrogens is 274 g/mol. The first kappa shape index (κ1) is 13.1. The Balaban J connectivity index is 1.98. The van der Waals surface area contributed by atoms with Crippen LogP contribution in [0.2, 0.25) is 0 Å². The SMILES string of the molecule is Cc1ccc(CN(CCBr)C2CCCC2)cc1. The van der Waals surface area contributed by atoms with Crippen molar-refractivity contribution in [2.75, 3.05) is 11.9 Å². The van der Waals surface area contributed by atoms with Crippen LogP contribution in [0.15, 0.2) is 24.3 Å². The van der Waals surface area contributed by atoms with Crippen molar-refractivity contribution in [3.63, 3.8) is 0 Å². The van der Waals surface area contributed by atoms with Crippen molar-refractivity contribution in [3.8, 4) is 0 Å². The minimum atomic E-state index is 0.814. The number of alkyl halides is 1. The maximum absolute atomic E-state index is 3.58. The van der Waals surface area contributed by atoms with Crippen molar-refractivity contribution in [3.05, 3.63) is 35.4 Å². The summed E-state index contributed by atoms with van der Waals surface area (Å²) in [6, 6.07) is 9.79. The molecule has 0 saturated heterocycles. The maximum Gasteiger partial charge on any atom is 0.0237 e. The van der Waals surface area contributed by atoms with Gasteiger partial charge in [0.05, 0.1) is 0 Å². The highest BCUT2D eigenvalue weighted by atomic mass is 79.9. The van der Waals surface area contributed by atoms with E-state index in [1.165, 1.54) is 43.4 Å². The van der Waals surface area contributed by atoms with E-state index in [0.29, 0.717) is 0 Å². The van der Waals surface area contributed by atoms with Gasteiger partial charge in [-0.25, -0.2) is 0 Å². The van der Waals surface area contributed by atoms with E-state index in [2.05, 4.69) is 52.0 Å². The van der Waals surface area contributed by atoms with E-state index >= 15 is 0 Å². The molecule has 0 heterocycles. The Morgan fingerprint density at radius 1 is 1.18 bits per heavy atom. The molecule has 0 unspecified atom stereocenters. The summed E-state index contributed by atoms with van der Waals surface area (Å²) in [7, 11) is 0. The van der Waals surface area contributed by atoms with Crippen LogP contribution in [0.25, 0.3) is 0 Å². The van der Waals surface area contributed by atoms with Crippen LogP contribution in [0, 0.1) is 6.92 Å². The smallest absolute Gasteiger partial charge is 0.0237 e. The lowest BCUT2D eigenvalue weighted by Crippen LogP contribution is -2.34. The Morgan fingerprint density at radius 2 is 1.82 bits per heavy atom. The van der Waals surface area contributed by atoms with Gasteiger partial charge in [0.15, 0.2) is 0 Å². The fourth-order valence-electron chi connectivity index (χ4n) is 2.70. The number of halogens is 1. The molecule has 0 radical (unpaired) electrons. The molecule has 94 valence electrons. The predicted octanol–water partition coefficient (Wildman–Crippen LogP) is 4.13. The van der Waals surface area contributed by atoms with Crippen LogP contribution in [0.5, 0.6) is 0 Å². The van der Waals surface area contributed by atoms with Crippen molar-refractivity contribution in [2.24, 2.45) is 0 Å². The van der Waals surface area contributed by atoms with Gasteiger partial charge in [0.25, 0.3) is 0 Å². The zero-order valence-electron chi connectivity index (χ0n) is 10.7. The lowest BCUT2D eigenvalue weighted by molar-refractivity contribution is 0.202. The Kier molecular flexibility index (Phi) is 5.05. The number of hydrogen-bond acceptors (Lipinski definition) is 1. The molecule has 2 rings (SSSR count). The van der Waals surface area contributed by atoms with E-state index < -0.39 is 0 Å². The average molecular weight is 296 g/mol. The largest absolute Gasteiger partial charge is 0.295 e. The Labute approximate surface area is 113 Å². The van der Waals surface area contributed by atoms with E-state index in [4.69, 9.17) is 0 Å². The quantitative estimate of drug-likeness (QED) is 0.738. The molecule has 2 heteroatoms. The first-order valence-electron chi connectivity index (χ1n) is 6.65. The van der Waals surface area contributed by atoms with Crippen LogP contribution in [0.4, 0.5) is 0 Å². The van der Waals surface area contributed by atoms with Crippen LogP contribution in [-0.2, 0) is 6.54 Å². The summed E-state index contributed by atoms with van der Waals surface area (Å²) in [6.07, 6.45) is 5.60. The summed E-state index contributed by atoms with van der Waals surface area (Å²) in [5, 5.41) is 1.08. The normalized spacial score (nSPS) is 16.9. The van der Waals surface area contributed by atoms with Gasteiger partial charge in [-0.1, -0.05) is 58.6 Å². The standard InChI is InChI=1S/C15H22BrN/c1-13-6-8-14(9-7-13)12-17(11-10-16)15-4-2-3-5-15/h6-9,15H,2-5,10-12H2,1H3. The average Bonchev–Trinajstić information content (AvgIpc) is 2.85. The molecule has 1 aromatic rings. The van der Waals surface area contributed by atoms with E-state index in [9.17, 15) is 0 Å². The van der Waals surface area contributed by atoms with Crippen LogP contribution in [0.3, 0.4) is 0 Å². The van der Waals surface area contributed by atoms with Crippen molar-refractivity contribution < 1.29 is 0 Å². The molecule has 0 N–H and O–H groups in total. The van der Waals surface area contributed by atoms with Crippen molar-refractivity contribution in [1.29, 1.82) is 0 Å². The summed E-state index contributed by atoms with van der Waals surface area (Å²) in [4.78, 5) is 2.65. The van der Waals surface area contributed by atoms with E-state index in [-0.39, 0.29) is 0 Å². The highest BCUT2D eigenvalue weighted by Gasteiger charge is 2.21. The minimum absolute atomic E-state index is 0.814. The van der Waals surface area contributed by atoms with Crippen LogP contribution in [-0.4, -0.2) is 22.8 Å². The fraction of sp³-hybridized carbons (Fsp3) is 0.600. The number of aryl methyl sites for hydroxylation is 1. The minimum Gasteiger partial charge on any atom is -0.295 e. The molecule has 0 atom stereocenters. The molecular formula is C15H22BrN. The second kappa shape index (κ2) is 6.55. The summed E-state index contributed by atoms with van der Waals surface area (Å²) in [5.41, 5.74) is 2.80. The van der Waals surface area contributed by atoms with Crippen LogP contribution < -0.4 is 0 Å². The van der Waals surface area contributed by atoms with Gasteiger partial charge in [0.1, 0.15) is 0 Å². The van der Waals surface area contributed by atoms with Crippen LogP contribution >= 0.6 is 15.9 Å². The lowest BCUT2D eigenvalue weighted by atomic mass is 10.1. The number of benzene rings is 1. The highest BCUT2D eigenvalue weighted by Crippen LogP contribution is 2.25. The molecule has 1 nitrogen and oxygen atoms in total. The topological polar surface area (TPSA) is 3.24 Å². The number of nitrogens with zero attached hydrogens (tertiary/aromatic N) is 1. The molecule has 1 saturated carbocycles. The first-order valence-corrected chi connectivity index (χ1v) is 7.77.